The summed E-state index contributed by atoms with van der Waals surface area (Å²) in [6.45, 7) is 1.75. The maximum Gasteiger partial charge on any atom is 0.249 e. The predicted molar refractivity (Wildman–Crippen MR) is 124 cm³/mol. The minimum atomic E-state index is -3.98. The van der Waals surface area contributed by atoms with E-state index in [9.17, 15) is 18.0 Å². The highest BCUT2D eigenvalue weighted by Crippen LogP contribution is 2.36. The Morgan fingerprint density at radius 3 is 2.47 bits per heavy atom. The van der Waals surface area contributed by atoms with Crippen LogP contribution in [0, 0.1) is 6.92 Å². The van der Waals surface area contributed by atoms with Crippen molar-refractivity contribution in [1.82, 2.24) is 14.5 Å². The number of sulfonamides is 1. The van der Waals surface area contributed by atoms with Crippen molar-refractivity contribution in [2.75, 3.05) is 19.5 Å². The number of nitrogens with one attached hydrogen (secondary N) is 2. The number of hydrogen-bond donors (Lipinski definition) is 2. The van der Waals surface area contributed by atoms with Gasteiger partial charge in [0.15, 0.2) is 0 Å². The Hall–Kier alpha value is -3.70. The summed E-state index contributed by atoms with van der Waals surface area (Å²) >= 11 is 0. The smallest absolute Gasteiger partial charge is 0.249 e. The van der Waals surface area contributed by atoms with Gasteiger partial charge >= 0.3 is 0 Å². The van der Waals surface area contributed by atoms with Crippen LogP contribution in [0.3, 0.4) is 0 Å². The molecule has 2 N–H and O–H groups in total. The fraction of sp³-hybridized carbons (Fsp3) is 0.261. The highest BCUT2D eigenvalue weighted by molar-refractivity contribution is 7.89. The van der Waals surface area contributed by atoms with Crippen molar-refractivity contribution < 1.29 is 27.5 Å². The molecule has 1 aliphatic heterocycles. The normalized spacial score (nSPS) is 13.7. The Morgan fingerprint density at radius 2 is 1.79 bits per heavy atom. The number of aryl methyl sites for hydroxylation is 1. The molecule has 0 spiro atoms. The number of ether oxygens (including phenoxy) is 2. The van der Waals surface area contributed by atoms with E-state index < -0.39 is 10.0 Å². The van der Waals surface area contributed by atoms with Crippen LogP contribution in [0.1, 0.15) is 28.9 Å². The van der Waals surface area contributed by atoms with Gasteiger partial charge in [-0.15, -0.1) is 0 Å². The summed E-state index contributed by atoms with van der Waals surface area (Å²) in [5.74, 6) is 0.426. The average molecular weight is 485 g/mol. The molecule has 0 unspecified atom stereocenters. The molecule has 0 atom stereocenters. The van der Waals surface area contributed by atoms with Crippen LogP contribution in [0.15, 0.2) is 47.4 Å². The number of aromatic nitrogens is 2. The number of rotatable bonds is 7. The standard InChI is InChI=1S/C23H24N4O6S/c1-14-22(23-25-20(28)10-11-21(29)27(23)26-14)16-6-9-18(33-3)19(12-16)34(30,31)24-13-15-4-7-17(32-2)8-5-15/h4-9,12,24H,10-11,13H2,1-3H3,(H,25,28). The van der Waals surface area contributed by atoms with Gasteiger partial charge in [0.1, 0.15) is 22.2 Å². The lowest BCUT2D eigenvalue weighted by Crippen LogP contribution is -2.23. The molecule has 1 aromatic heterocycles. The SMILES string of the molecule is COc1ccc(CNS(=O)(=O)c2cc(-c3c(C)nn4c3NC(=O)CCC4=O)ccc2OC)cc1. The van der Waals surface area contributed by atoms with E-state index in [1.165, 1.54) is 19.2 Å². The summed E-state index contributed by atoms with van der Waals surface area (Å²) < 4.78 is 40.6. The largest absolute Gasteiger partial charge is 0.497 e. The van der Waals surface area contributed by atoms with Gasteiger partial charge in [0.2, 0.25) is 21.8 Å². The molecule has 0 saturated carbocycles. The van der Waals surface area contributed by atoms with E-state index in [1.54, 1.807) is 44.4 Å². The van der Waals surface area contributed by atoms with E-state index in [0.29, 0.717) is 22.6 Å². The summed E-state index contributed by atoms with van der Waals surface area (Å²) in [7, 11) is -1.04. The number of anilines is 1. The Bertz CT molecular complexity index is 1360. The Balaban J connectivity index is 1.71. The molecular formula is C23H24N4O6S. The van der Waals surface area contributed by atoms with E-state index in [2.05, 4.69) is 15.1 Å². The average Bonchev–Trinajstić information content (AvgIpc) is 3.09. The first kappa shape index (κ1) is 23.5. The predicted octanol–water partition coefficient (Wildman–Crippen LogP) is 2.73. The minimum Gasteiger partial charge on any atom is -0.497 e. The van der Waals surface area contributed by atoms with Gasteiger partial charge in [-0.25, -0.2) is 13.1 Å². The first-order chi connectivity index (χ1) is 16.2. The van der Waals surface area contributed by atoms with Crippen molar-refractivity contribution in [3.63, 3.8) is 0 Å². The molecule has 10 nitrogen and oxygen atoms in total. The van der Waals surface area contributed by atoms with Crippen LogP contribution < -0.4 is 19.5 Å². The van der Waals surface area contributed by atoms with E-state index in [0.717, 1.165) is 10.2 Å². The van der Waals surface area contributed by atoms with E-state index in [-0.39, 0.29) is 47.7 Å². The molecular weight excluding hydrogens is 460 g/mol. The number of benzene rings is 2. The number of nitrogens with zero attached hydrogens (tertiary/aromatic N) is 2. The van der Waals surface area contributed by atoms with Crippen LogP contribution in [0.4, 0.5) is 5.82 Å². The zero-order valence-corrected chi connectivity index (χ0v) is 19.7. The maximum atomic E-state index is 13.2. The van der Waals surface area contributed by atoms with Crippen molar-refractivity contribution in [3.05, 3.63) is 53.7 Å². The third-order valence-corrected chi connectivity index (χ3v) is 6.91. The summed E-state index contributed by atoms with van der Waals surface area (Å²) in [6, 6.07) is 11.7. The number of hydrogen-bond acceptors (Lipinski definition) is 7. The van der Waals surface area contributed by atoms with Crippen molar-refractivity contribution >= 4 is 27.7 Å². The highest BCUT2D eigenvalue weighted by atomic mass is 32.2. The van der Waals surface area contributed by atoms with Gasteiger partial charge in [-0.3, -0.25) is 9.59 Å². The molecule has 0 saturated heterocycles. The Morgan fingerprint density at radius 1 is 1.06 bits per heavy atom. The summed E-state index contributed by atoms with van der Waals surface area (Å²) in [4.78, 5) is 24.5. The first-order valence-electron chi connectivity index (χ1n) is 10.5. The summed E-state index contributed by atoms with van der Waals surface area (Å²) in [5, 5.41) is 6.99. The topological polar surface area (TPSA) is 129 Å². The molecule has 2 aromatic carbocycles. The Kier molecular flexibility index (Phi) is 6.40. The van der Waals surface area contributed by atoms with Gasteiger partial charge in [-0.1, -0.05) is 18.2 Å². The van der Waals surface area contributed by atoms with Crippen molar-refractivity contribution in [2.45, 2.75) is 31.2 Å². The third kappa shape index (κ3) is 4.52. The molecule has 34 heavy (non-hydrogen) atoms. The van der Waals surface area contributed by atoms with Crippen LogP contribution in [-0.4, -0.2) is 44.2 Å². The lowest BCUT2D eigenvalue weighted by Gasteiger charge is -2.14. The van der Waals surface area contributed by atoms with E-state index in [1.807, 2.05) is 0 Å². The second kappa shape index (κ2) is 9.27. The zero-order valence-electron chi connectivity index (χ0n) is 18.9. The monoisotopic (exact) mass is 484 g/mol. The minimum absolute atomic E-state index is 0.0386. The maximum absolute atomic E-state index is 13.2. The Labute approximate surface area is 196 Å². The number of carbonyl (C=O) groups is 2. The van der Waals surface area contributed by atoms with Crippen molar-refractivity contribution in [3.8, 4) is 22.6 Å². The third-order valence-electron chi connectivity index (χ3n) is 5.49. The van der Waals surface area contributed by atoms with E-state index in [4.69, 9.17) is 9.47 Å². The van der Waals surface area contributed by atoms with Gasteiger partial charge in [-0.2, -0.15) is 9.78 Å². The van der Waals surface area contributed by atoms with Gasteiger partial charge < -0.3 is 14.8 Å². The molecule has 1 aliphatic rings. The molecule has 1 amide bonds. The number of amides is 1. The van der Waals surface area contributed by atoms with Crippen LogP contribution >= 0.6 is 0 Å². The van der Waals surface area contributed by atoms with E-state index >= 15 is 0 Å². The van der Waals surface area contributed by atoms with Crippen LogP contribution in [-0.2, 0) is 21.4 Å². The van der Waals surface area contributed by atoms with Crippen LogP contribution in [0.25, 0.3) is 11.1 Å². The lowest BCUT2D eigenvalue weighted by molar-refractivity contribution is -0.116. The highest BCUT2D eigenvalue weighted by Gasteiger charge is 2.28. The number of fused-ring (bicyclic) bond motifs is 1. The first-order valence-corrected chi connectivity index (χ1v) is 12.0. The lowest BCUT2D eigenvalue weighted by atomic mass is 10.1. The molecule has 11 heteroatoms. The quantitative estimate of drug-likeness (QED) is 0.528. The second-order valence-electron chi connectivity index (χ2n) is 7.70. The number of carbonyl (C=O) groups excluding carboxylic acids is 2. The fourth-order valence-corrected chi connectivity index (χ4v) is 4.94. The summed E-state index contributed by atoms with van der Waals surface area (Å²) in [6.07, 6.45) is 0.0924. The van der Waals surface area contributed by atoms with Crippen molar-refractivity contribution in [2.24, 2.45) is 0 Å². The van der Waals surface area contributed by atoms with Crippen LogP contribution in [0.5, 0.6) is 11.5 Å². The molecule has 0 fully saturated rings. The van der Waals surface area contributed by atoms with Gasteiger partial charge in [-0.05, 0) is 42.3 Å². The molecule has 0 radical (unpaired) electrons. The molecule has 2 heterocycles. The second-order valence-corrected chi connectivity index (χ2v) is 9.44. The van der Waals surface area contributed by atoms with Crippen molar-refractivity contribution in [1.29, 1.82) is 0 Å². The molecule has 0 bridgehead atoms. The van der Waals surface area contributed by atoms with Gasteiger partial charge in [0, 0.05) is 24.9 Å². The molecule has 178 valence electrons. The molecule has 3 aromatic rings. The fourth-order valence-electron chi connectivity index (χ4n) is 3.73. The van der Waals surface area contributed by atoms with Crippen LogP contribution in [0.2, 0.25) is 0 Å². The molecule has 4 rings (SSSR count). The number of methoxy groups -OCH3 is 2. The van der Waals surface area contributed by atoms with Gasteiger partial charge in [0.05, 0.1) is 19.9 Å². The zero-order chi connectivity index (χ0) is 24.5. The summed E-state index contributed by atoms with van der Waals surface area (Å²) in [5.41, 5.74) is 2.17. The van der Waals surface area contributed by atoms with Gasteiger partial charge in [0.25, 0.3) is 0 Å². The molecule has 0 aliphatic carbocycles.